The number of hydrogen-bond donors (Lipinski definition) is 1. The molecule has 78 valence electrons. The fraction of sp³-hybridized carbons (Fsp3) is 0.273. The number of hydrogen-bond acceptors (Lipinski definition) is 3. The lowest BCUT2D eigenvalue weighted by Gasteiger charge is -2.03. The lowest BCUT2D eigenvalue weighted by atomic mass is 10.1. The molecule has 0 bridgehead atoms. The van der Waals surface area contributed by atoms with Crippen LogP contribution in [-0.2, 0) is 13.6 Å². The molecule has 0 atom stereocenters. The van der Waals surface area contributed by atoms with E-state index in [9.17, 15) is 0 Å². The van der Waals surface area contributed by atoms with E-state index in [1.54, 1.807) is 0 Å². The molecule has 1 heterocycles. The van der Waals surface area contributed by atoms with E-state index < -0.39 is 0 Å². The smallest absolute Gasteiger partial charge is 0.163 e. The van der Waals surface area contributed by atoms with Crippen molar-refractivity contribution in [1.82, 2.24) is 14.8 Å². The summed E-state index contributed by atoms with van der Waals surface area (Å²) in [5, 5.41) is 8.16. The van der Waals surface area contributed by atoms with E-state index in [4.69, 9.17) is 5.73 Å². The van der Waals surface area contributed by atoms with Crippen LogP contribution in [-0.4, -0.2) is 14.8 Å². The maximum absolute atomic E-state index is 5.60. The highest BCUT2D eigenvalue weighted by molar-refractivity contribution is 5.56. The van der Waals surface area contributed by atoms with Crippen LogP contribution in [0.15, 0.2) is 24.3 Å². The highest BCUT2D eigenvalue weighted by Gasteiger charge is 2.07. The molecule has 1 aromatic heterocycles. The van der Waals surface area contributed by atoms with Gasteiger partial charge < -0.3 is 10.3 Å². The minimum Gasteiger partial charge on any atom is -0.326 e. The van der Waals surface area contributed by atoms with Crippen LogP contribution >= 0.6 is 0 Å². The minimum absolute atomic E-state index is 0.546. The second kappa shape index (κ2) is 3.82. The van der Waals surface area contributed by atoms with Crippen molar-refractivity contribution < 1.29 is 0 Å². The van der Waals surface area contributed by atoms with Crippen molar-refractivity contribution in [2.75, 3.05) is 0 Å². The Morgan fingerprint density at radius 3 is 2.73 bits per heavy atom. The summed E-state index contributed by atoms with van der Waals surface area (Å²) < 4.78 is 1.97. The number of nitrogens with zero attached hydrogens (tertiary/aromatic N) is 3. The average Bonchev–Trinajstić information content (AvgIpc) is 2.60. The van der Waals surface area contributed by atoms with Crippen molar-refractivity contribution in [2.24, 2.45) is 12.8 Å². The first-order valence-corrected chi connectivity index (χ1v) is 4.87. The van der Waals surface area contributed by atoms with Crippen LogP contribution in [0.25, 0.3) is 11.4 Å². The van der Waals surface area contributed by atoms with Crippen molar-refractivity contribution in [1.29, 1.82) is 0 Å². The number of aryl methyl sites for hydroxylation is 1. The van der Waals surface area contributed by atoms with Crippen LogP contribution < -0.4 is 5.73 Å². The Bertz CT molecular complexity index is 473. The number of nitrogens with two attached hydrogens (primary N) is 1. The Balaban J connectivity index is 2.49. The molecule has 0 saturated carbocycles. The topological polar surface area (TPSA) is 56.7 Å². The molecule has 2 rings (SSSR count). The molecule has 0 radical (unpaired) electrons. The van der Waals surface area contributed by atoms with E-state index in [1.165, 1.54) is 0 Å². The van der Waals surface area contributed by atoms with E-state index >= 15 is 0 Å². The standard InChI is InChI=1S/C11H14N4/c1-8-13-14-11(15(8)2)10-5-3-4-9(6-10)7-12/h3-6H,7,12H2,1-2H3. The Labute approximate surface area is 88.8 Å². The van der Waals surface area contributed by atoms with Crippen molar-refractivity contribution in [3.63, 3.8) is 0 Å². The third kappa shape index (κ3) is 1.76. The van der Waals surface area contributed by atoms with Crippen LogP contribution in [0.5, 0.6) is 0 Å². The van der Waals surface area contributed by atoms with Crippen LogP contribution in [0, 0.1) is 6.92 Å². The van der Waals surface area contributed by atoms with Gasteiger partial charge in [-0.3, -0.25) is 0 Å². The van der Waals surface area contributed by atoms with Gasteiger partial charge in [-0.1, -0.05) is 18.2 Å². The van der Waals surface area contributed by atoms with Gasteiger partial charge in [-0.2, -0.15) is 0 Å². The van der Waals surface area contributed by atoms with Gasteiger partial charge in [0.1, 0.15) is 5.82 Å². The summed E-state index contributed by atoms with van der Waals surface area (Å²) in [4.78, 5) is 0. The molecular formula is C11H14N4. The third-order valence-corrected chi connectivity index (χ3v) is 2.51. The molecule has 15 heavy (non-hydrogen) atoms. The predicted molar refractivity (Wildman–Crippen MR) is 59.1 cm³/mol. The van der Waals surface area contributed by atoms with Gasteiger partial charge in [0.2, 0.25) is 0 Å². The zero-order valence-electron chi connectivity index (χ0n) is 8.94. The second-order valence-corrected chi connectivity index (χ2v) is 3.53. The first-order valence-electron chi connectivity index (χ1n) is 4.87. The van der Waals surface area contributed by atoms with Crippen molar-refractivity contribution in [3.8, 4) is 11.4 Å². The molecule has 0 saturated heterocycles. The Morgan fingerprint density at radius 1 is 1.33 bits per heavy atom. The van der Waals surface area contributed by atoms with Gasteiger partial charge in [0, 0.05) is 19.2 Å². The lowest BCUT2D eigenvalue weighted by molar-refractivity contribution is 0.864. The molecule has 0 spiro atoms. The normalized spacial score (nSPS) is 10.6. The van der Waals surface area contributed by atoms with Gasteiger partial charge in [-0.05, 0) is 18.6 Å². The SMILES string of the molecule is Cc1nnc(-c2cccc(CN)c2)n1C. The van der Waals surface area contributed by atoms with Gasteiger partial charge in [0.05, 0.1) is 0 Å². The zero-order valence-corrected chi connectivity index (χ0v) is 8.94. The van der Waals surface area contributed by atoms with Crippen molar-refractivity contribution in [3.05, 3.63) is 35.7 Å². The largest absolute Gasteiger partial charge is 0.326 e. The molecule has 4 heteroatoms. The number of rotatable bonds is 2. The van der Waals surface area contributed by atoms with E-state index in [1.807, 2.05) is 42.8 Å². The maximum Gasteiger partial charge on any atom is 0.163 e. The van der Waals surface area contributed by atoms with E-state index in [2.05, 4.69) is 10.2 Å². The van der Waals surface area contributed by atoms with Crippen molar-refractivity contribution >= 4 is 0 Å². The first-order chi connectivity index (χ1) is 7.22. The summed E-state index contributed by atoms with van der Waals surface area (Å²) in [6.45, 7) is 2.48. The summed E-state index contributed by atoms with van der Waals surface area (Å²) in [6, 6.07) is 8.06. The summed E-state index contributed by atoms with van der Waals surface area (Å²) in [7, 11) is 1.96. The molecule has 2 aromatic rings. The van der Waals surface area contributed by atoms with E-state index in [0.29, 0.717) is 6.54 Å². The van der Waals surface area contributed by atoms with Gasteiger partial charge in [0.25, 0.3) is 0 Å². The van der Waals surface area contributed by atoms with Crippen LogP contribution in [0.4, 0.5) is 0 Å². The summed E-state index contributed by atoms with van der Waals surface area (Å²) in [5.41, 5.74) is 7.76. The molecule has 0 fully saturated rings. The first kappa shape index (κ1) is 9.86. The quantitative estimate of drug-likeness (QED) is 0.797. The molecular weight excluding hydrogens is 188 g/mol. The number of benzene rings is 1. The second-order valence-electron chi connectivity index (χ2n) is 3.53. The van der Waals surface area contributed by atoms with Crippen LogP contribution in [0.1, 0.15) is 11.4 Å². The van der Waals surface area contributed by atoms with Crippen LogP contribution in [0.3, 0.4) is 0 Å². The molecule has 0 unspecified atom stereocenters. The Hall–Kier alpha value is -1.68. The summed E-state index contributed by atoms with van der Waals surface area (Å²) in [5.74, 6) is 1.78. The monoisotopic (exact) mass is 202 g/mol. The van der Waals surface area contributed by atoms with Gasteiger partial charge >= 0.3 is 0 Å². The van der Waals surface area contributed by atoms with Crippen LogP contribution in [0.2, 0.25) is 0 Å². The Morgan fingerprint density at radius 2 is 2.13 bits per heavy atom. The summed E-state index contributed by atoms with van der Waals surface area (Å²) in [6.07, 6.45) is 0. The highest BCUT2D eigenvalue weighted by Crippen LogP contribution is 2.18. The molecule has 0 aliphatic rings. The fourth-order valence-electron chi connectivity index (χ4n) is 1.50. The van der Waals surface area contributed by atoms with Crippen molar-refractivity contribution in [2.45, 2.75) is 13.5 Å². The lowest BCUT2D eigenvalue weighted by Crippen LogP contribution is -1.98. The van der Waals surface area contributed by atoms with E-state index in [-0.39, 0.29) is 0 Å². The maximum atomic E-state index is 5.60. The number of aromatic nitrogens is 3. The third-order valence-electron chi connectivity index (χ3n) is 2.51. The van der Waals surface area contributed by atoms with Gasteiger partial charge in [-0.15, -0.1) is 10.2 Å². The minimum atomic E-state index is 0.546. The predicted octanol–water partition coefficient (Wildman–Crippen LogP) is 1.25. The summed E-state index contributed by atoms with van der Waals surface area (Å²) >= 11 is 0. The molecule has 0 aliphatic carbocycles. The molecule has 4 nitrogen and oxygen atoms in total. The van der Waals surface area contributed by atoms with Gasteiger partial charge in [-0.25, -0.2) is 0 Å². The molecule has 1 aromatic carbocycles. The zero-order chi connectivity index (χ0) is 10.8. The molecule has 0 aliphatic heterocycles. The van der Waals surface area contributed by atoms with E-state index in [0.717, 1.165) is 22.8 Å². The highest BCUT2D eigenvalue weighted by atomic mass is 15.3. The van der Waals surface area contributed by atoms with Gasteiger partial charge in [0.15, 0.2) is 5.82 Å². The molecule has 0 amide bonds. The fourth-order valence-corrected chi connectivity index (χ4v) is 1.50. The molecule has 2 N–H and O–H groups in total. The average molecular weight is 202 g/mol. The Kier molecular flexibility index (Phi) is 2.51.